The van der Waals surface area contributed by atoms with Gasteiger partial charge >= 0.3 is 0 Å². The molecule has 0 unspecified atom stereocenters. The lowest BCUT2D eigenvalue weighted by Crippen LogP contribution is -2.24. The van der Waals surface area contributed by atoms with Crippen LogP contribution in [-0.4, -0.2) is 6.54 Å². The molecule has 96 valence electrons. The van der Waals surface area contributed by atoms with Crippen molar-refractivity contribution in [3.05, 3.63) is 34.3 Å². The summed E-state index contributed by atoms with van der Waals surface area (Å²) in [7, 11) is 0. The molecule has 0 aromatic heterocycles. The fraction of sp³-hybridized carbons (Fsp3) is 0.600. The Labute approximate surface area is 111 Å². The molecule has 0 saturated heterocycles. The van der Waals surface area contributed by atoms with Gasteiger partial charge in [-0.3, -0.25) is 0 Å². The third-order valence-electron chi connectivity index (χ3n) is 3.10. The summed E-state index contributed by atoms with van der Waals surface area (Å²) in [5.74, 6) is 0. The van der Waals surface area contributed by atoms with Crippen LogP contribution in [0.4, 0.5) is 0 Å². The predicted octanol–water partition coefficient (Wildman–Crippen LogP) is 4.74. The van der Waals surface area contributed by atoms with E-state index >= 15 is 0 Å². The van der Waals surface area contributed by atoms with E-state index in [1.165, 1.54) is 17.5 Å². The van der Waals surface area contributed by atoms with Crippen LogP contribution in [0, 0.1) is 12.3 Å². The molecule has 2 heteroatoms. The SMILES string of the molecule is Cc1c(Cl)cccc1[C@@H](C)NCCC(C)(C)C. The molecule has 0 aliphatic heterocycles. The number of hydrogen-bond acceptors (Lipinski definition) is 1. The molecule has 0 radical (unpaired) electrons. The van der Waals surface area contributed by atoms with Crippen LogP contribution in [0.15, 0.2) is 18.2 Å². The molecule has 0 fully saturated rings. The minimum absolute atomic E-state index is 0.357. The summed E-state index contributed by atoms with van der Waals surface area (Å²) in [5.41, 5.74) is 2.87. The fourth-order valence-electron chi connectivity index (χ4n) is 1.87. The van der Waals surface area contributed by atoms with E-state index in [1.807, 2.05) is 12.1 Å². The lowest BCUT2D eigenvalue weighted by molar-refractivity contribution is 0.358. The minimum Gasteiger partial charge on any atom is -0.310 e. The van der Waals surface area contributed by atoms with E-state index in [1.54, 1.807) is 0 Å². The van der Waals surface area contributed by atoms with Crippen LogP contribution >= 0.6 is 11.6 Å². The molecular formula is C15H24ClN. The molecule has 1 N–H and O–H groups in total. The van der Waals surface area contributed by atoms with Crippen molar-refractivity contribution >= 4 is 11.6 Å². The fourth-order valence-corrected chi connectivity index (χ4v) is 2.05. The Morgan fingerprint density at radius 2 is 1.94 bits per heavy atom. The lowest BCUT2D eigenvalue weighted by atomic mass is 9.92. The first-order valence-electron chi connectivity index (χ1n) is 6.29. The zero-order valence-corrected chi connectivity index (χ0v) is 12.4. The van der Waals surface area contributed by atoms with Crippen molar-refractivity contribution in [1.82, 2.24) is 5.32 Å². The third kappa shape index (κ3) is 4.69. The molecule has 1 atom stereocenters. The van der Waals surface area contributed by atoms with Crippen LogP contribution in [0.25, 0.3) is 0 Å². The van der Waals surface area contributed by atoms with Gasteiger partial charge in [-0.25, -0.2) is 0 Å². The van der Waals surface area contributed by atoms with Crippen molar-refractivity contribution in [2.75, 3.05) is 6.54 Å². The van der Waals surface area contributed by atoms with E-state index in [2.05, 4.69) is 46.0 Å². The van der Waals surface area contributed by atoms with Crippen molar-refractivity contribution in [2.24, 2.45) is 5.41 Å². The summed E-state index contributed by atoms with van der Waals surface area (Å²) in [6.45, 7) is 12.1. The van der Waals surface area contributed by atoms with Crippen molar-refractivity contribution < 1.29 is 0 Å². The molecule has 0 amide bonds. The maximum absolute atomic E-state index is 6.14. The summed E-state index contributed by atoms with van der Waals surface area (Å²) in [4.78, 5) is 0. The van der Waals surface area contributed by atoms with Gasteiger partial charge in [0.2, 0.25) is 0 Å². The highest BCUT2D eigenvalue weighted by atomic mass is 35.5. The van der Waals surface area contributed by atoms with Crippen molar-refractivity contribution in [3.63, 3.8) is 0 Å². The molecule has 0 bridgehead atoms. The van der Waals surface area contributed by atoms with Crippen LogP contribution in [-0.2, 0) is 0 Å². The average Bonchev–Trinajstić information content (AvgIpc) is 2.20. The second-order valence-corrected chi connectivity index (χ2v) is 6.35. The van der Waals surface area contributed by atoms with Gasteiger partial charge in [0.1, 0.15) is 0 Å². The smallest absolute Gasteiger partial charge is 0.0438 e. The van der Waals surface area contributed by atoms with Gasteiger partial charge in [-0.1, -0.05) is 44.5 Å². The number of hydrogen-bond donors (Lipinski definition) is 1. The summed E-state index contributed by atoms with van der Waals surface area (Å²) in [5, 5.41) is 4.42. The minimum atomic E-state index is 0.357. The molecule has 1 rings (SSSR count). The van der Waals surface area contributed by atoms with Gasteiger partial charge in [-0.15, -0.1) is 0 Å². The number of benzene rings is 1. The summed E-state index contributed by atoms with van der Waals surface area (Å²) < 4.78 is 0. The van der Waals surface area contributed by atoms with E-state index in [0.29, 0.717) is 11.5 Å². The molecule has 1 nitrogen and oxygen atoms in total. The highest BCUT2D eigenvalue weighted by molar-refractivity contribution is 6.31. The second kappa shape index (κ2) is 5.88. The molecule has 0 spiro atoms. The normalized spacial score (nSPS) is 13.8. The van der Waals surface area contributed by atoms with Gasteiger partial charge in [-0.2, -0.15) is 0 Å². The van der Waals surface area contributed by atoms with E-state index < -0.39 is 0 Å². The molecule has 0 aliphatic carbocycles. The Morgan fingerprint density at radius 3 is 2.53 bits per heavy atom. The van der Waals surface area contributed by atoms with Crippen molar-refractivity contribution in [2.45, 2.75) is 47.1 Å². The Morgan fingerprint density at radius 1 is 1.29 bits per heavy atom. The van der Waals surface area contributed by atoms with E-state index in [4.69, 9.17) is 11.6 Å². The Kier molecular flexibility index (Phi) is 5.03. The predicted molar refractivity (Wildman–Crippen MR) is 76.7 cm³/mol. The standard InChI is InChI=1S/C15H24ClN/c1-11-13(7-6-8-14(11)16)12(2)17-10-9-15(3,4)5/h6-8,12,17H,9-10H2,1-5H3/t12-/m1/s1. The number of rotatable bonds is 4. The molecule has 0 aliphatic rings. The van der Waals surface area contributed by atoms with Gasteiger partial charge in [0.15, 0.2) is 0 Å². The third-order valence-corrected chi connectivity index (χ3v) is 3.51. The molecule has 0 heterocycles. The average molecular weight is 254 g/mol. The van der Waals surface area contributed by atoms with Gasteiger partial charge in [0.25, 0.3) is 0 Å². The molecule has 17 heavy (non-hydrogen) atoms. The monoisotopic (exact) mass is 253 g/mol. The second-order valence-electron chi connectivity index (χ2n) is 5.94. The maximum atomic E-state index is 6.14. The molecular weight excluding hydrogens is 230 g/mol. The summed E-state index contributed by atoms with van der Waals surface area (Å²) in [6.07, 6.45) is 1.18. The Balaban J connectivity index is 2.58. The molecule has 1 aromatic rings. The Hall–Kier alpha value is -0.530. The quantitative estimate of drug-likeness (QED) is 0.818. The van der Waals surface area contributed by atoms with Gasteiger partial charge in [0, 0.05) is 11.1 Å². The van der Waals surface area contributed by atoms with Crippen molar-refractivity contribution in [3.8, 4) is 0 Å². The first kappa shape index (κ1) is 14.5. The lowest BCUT2D eigenvalue weighted by Gasteiger charge is -2.22. The van der Waals surface area contributed by atoms with Gasteiger partial charge < -0.3 is 5.32 Å². The molecule has 0 saturated carbocycles. The van der Waals surface area contributed by atoms with Gasteiger partial charge in [-0.05, 0) is 49.4 Å². The van der Waals surface area contributed by atoms with Crippen LogP contribution in [0.3, 0.4) is 0 Å². The van der Waals surface area contributed by atoms with Gasteiger partial charge in [0.05, 0.1) is 0 Å². The van der Waals surface area contributed by atoms with E-state index in [9.17, 15) is 0 Å². The van der Waals surface area contributed by atoms with Crippen LogP contribution in [0.5, 0.6) is 0 Å². The first-order valence-corrected chi connectivity index (χ1v) is 6.67. The van der Waals surface area contributed by atoms with Crippen LogP contribution < -0.4 is 5.32 Å². The highest BCUT2D eigenvalue weighted by Gasteiger charge is 2.12. The number of halogens is 1. The first-order chi connectivity index (χ1) is 7.81. The molecule has 1 aromatic carbocycles. The maximum Gasteiger partial charge on any atom is 0.0438 e. The summed E-state index contributed by atoms with van der Waals surface area (Å²) in [6, 6.07) is 6.47. The van der Waals surface area contributed by atoms with E-state index in [0.717, 1.165) is 11.6 Å². The van der Waals surface area contributed by atoms with Crippen molar-refractivity contribution in [1.29, 1.82) is 0 Å². The van der Waals surface area contributed by atoms with E-state index in [-0.39, 0.29) is 0 Å². The van der Waals surface area contributed by atoms with Crippen LogP contribution in [0.2, 0.25) is 5.02 Å². The Bertz CT molecular complexity index is 366. The van der Waals surface area contributed by atoms with Crippen LogP contribution in [0.1, 0.15) is 51.3 Å². The number of nitrogens with one attached hydrogen (secondary N) is 1. The zero-order chi connectivity index (χ0) is 13.1. The zero-order valence-electron chi connectivity index (χ0n) is 11.6. The summed E-state index contributed by atoms with van der Waals surface area (Å²) >= 11 is 6.14. The highest BCUT2D eigenvalue weighted by Crippen LogP contribution is 2.24. The topological polar surface area (TPSA) is 12.0 Å². The largest absolute Gasteiger partial charge is 0.310 e.